The van der Waals surface area contributed by atoms with Crippen LogP contribution >= 0.6 is 15.9 Å². The third-order valence-electron chi connectivity index (χ3n) is 3.34. The van der Waals surface area contributed by atoms with Crippen LogP contribution in [0.1, 0.15) is 44.5 Å². The third-order valence-corrected chi connectivity index (χ3v) is 3.73. The lowest BCUT2D eigenvalue weighted by atomic mass is 9.93. The molecule has 23 heavy (non-hydrogen) atoms. The van der Waals surface area contributed by atoms with Crippen LogP contribution in [0.3, 0.4) is 0 Å². The molecule has 0 saturated carbocycles. The maximum atomic E-state index is 12.2. The molecule has 2 heterocycles. The minimum Gasteiger partial charge on any atom is -0.361 e. The van der Waals surface area contributed by atoms with E-state index in [9.17, 15) is 4.79 Å². The number of ether oxygens (including phenoxy) is 1. The predicted molar refractivity (Wildman–Crippen MR) is 93.3 cm³/mol. The monoisotopic (exact) mass is 382 g/mol. The molecule has 0 aliphatic rings. The molecule has 1 amide bonds. The highest BCUT2D eigenvalue weighted by molar-refractivity contribution is 9.10. The van der Waals surface area contributed by atoms with Crippen LogP contribution in [0.5, 0.6) is 0 Å². The zero-order chi connectivity index (χ0) is 17.0. The van der Waals surface area contributed by atoms with Crippen molar-refractivity contribution in [2.24, 2.45) is 5.41 Å². The lowest BCUT2D eigenvalue weighted by Crippen LogP contribution is -2.22. The van der Waals surface area contributed by atoms with Gasteiger partial charge in [-0.3, -0.25) is 4.79 Å². The first-order valence-corrected chi connectivity index (χ1v) is 8.48. The number of carbonyl (C=O) groups is 1. The van der Waals surface area contributed by atoms with Crippen molar-refractivity contribution in [3.05, 3.63) is 22.6 Å². The fourth-order valence-corrected chi connectivity index (χ4v) is 2.37. The molecule has 126 valence electrons. The van der Waals surface area contributed by atoms with Crippen LogP contribution in [0.2, 0.25) is 0 Å². The zero-order valence-corrected chi connectivity index (χ0v) is 15.6. The van der Waals surface area contributed by atoms with Crippen LogP contribution in [-0.4, -0.2) is 33.6 Å². The Morgan fingerprint density at radius 3 is 2.83 bits per heavy atom. The van der Waals surface area contributed by atoms with Crippen LogP contribution in [-0.2, 0) is 11.5 Å². The molecule has 6 nitrogen and oxygen atoms in total. The minimum absolute atomic E-state index is 0.154. The summed E-state index contributed by atoms with van der Waals surface area (Å²) in [6, 6.07) is 0. The Balaban J connectivity index is 2.21. The molecule has 2 aromatic rings. The highest BCUT2D eigenvalue weighted by atomic mass is 79.9. The van der Waals surface area contributed by atoms with Gasteiger partial charge in [-0.05, 0) is 34.7 Å². The Morgan fingerprint density at radius 2 is 2.17 bits per heavy atom. The number of fused-ring (bicyclic) bond motifs is 1. The maximum absolute atomic E-state index is 12.2. The first-order chi connectivity index (χ1) is 10.8. The summed E-state index contributed by atoms with van der Waals surface area (Å²) < 4.78 is 8.16. The molecule has 0 unspecified atom stereocenters. The van der Waals surface area contributed by atoms with E-state index < -0.39 is 0 Å². The van der Waals surface area contributed by atoms with Crippen molar-refractivity contribution in [2.75, 3.05) is 13.2 Å². The Labute approximate surface area is 144 Å². The second-order valence-electron chi connectivity index (χ2n) is 6.58. The smallest absolute Gasteiger partial charge is 0.255 e. The van der Waals surface area contributed by atoms with Crippen molar-refractivity contribution >= 4 is 33.0 Å². The van der Waals surface area contributed by atoms with Gasteiger partial charge in [0.15, 0.2) is 5.65 Å². The largest absolute Gasteiger partial charge is 0.361 e. The summed E-state index contributed by atoms with van der Waals surface area (Å²) in [4.78, 5) is 20.9. The van der Waals surface area contributed by atoms with E-state index in [1.807, 2.05) is 11.5 Å². The van der Waals surface area contributed by atoms with Gasteiger partial charge in [-0.1, -0.05) is 20.8 Å². The standard InChI is InChI=1S/C16H23BrN4O2/c1-5-18-15(22)11-9-21(10-23-7-6-16(2,3)4)14-13(11)20-12(17)8-19-14/h8-9H,5-7,10H2,1-4H3,(H,18,22). The summed E-state index contributed by atoms with van der Waals surface area (Å²) in [5.74, 6) is -0.154. The summed E-state index contributed by atoms with van der Waals surface area (Å²) in [6.45, 7) is 9.99. The fraction of sp³-hybridized carbons (Fsp3) is 0.562. The van der Waals surface area contributed by atoms with Crippen molar-refractivity contribution in [3.63, 3.8) is 0 Å². The molecule has 0 saturated heterocycles. The number of hydrogen-bond acceptors (Lipinski definition) is 4. The van der Waals surface area contributed by atoms with Crippen molar-refractivity contribution < 1.29 is 9.53 Å². The van der Waals surface area contributed by atoms with E-state index >= 15 is 0 Å². The summed E-state index contributed by atoms with van der Waals surface area (Å²) in [6.07, 6.45) is 4.33. The molecule has 0 atom stereocenters. The van der Waals surface area contributed by atoms with Crippen molar-refractivity contribution in [1.29, 1.82) is 0 Å². The second-order valence-corrected chi connectivity index (χ2v) is 7.40. The summed E-state index contributed by atoms with van der Waals surface area (Å²) in [5, 5.41) is 2.80. The number of nitrogens with zero attached hydrogens (tertiary/aromatic N) is 3. The van der Waals surface area contributed by atoms with Gasteiger partial charge in [0.25, 0.3) is 5.91 Å². The van der Waals surface area contributed by atoms with Gasteiger partial charge in [-0.25, -0.2) is 9.97 Å². The van der Waals surface area contributed by atoms with E-state index in [0.29, 0.717) is 41.2 Å². The molecule has 0 aromatic carbocycles. The van der Waals surface area contributed by atoms with Gasteiger partial charge in [0, 0.05) is 19.3 Å². The van der Waals surface area contributed by atoms with E-state index in [2.05, 4.69) is 52.0 Å². The highest BCUT2D eigenvalue weighted by Gasteiger charge is 2.17. The Bertz CT molecular complexity index is 691. The Hall–Kier alpha value is -1.47. The molecular formula is C16H23BrN4O2. The SMILES string of the molecule is CCNC(=O)c1cn(COCCC(C)(C)C)c2ncc(Br)nc12. The van der Waals surface area contributed by atoms with Crippen LogP contribution in [0.4, 0.5) is 0 Å². The Kier molecular flexibility index (Phi) is 5.75. The minimum atomic E-state index is -0.154. The van der Waals surface area contributed by atoms with Gasteiger partial charge in [0.05, 0.1) is 11.8 Å². The van der Waals surface area contributed by atoms with Crippen LogP contribution in [0.25, 0.3) is 11.2 Å². The number of rotatable bonds is 6. The third kappa shape index (κ3) is 4.75. The van der Waals surface area contributed by atoms with Crippen LogP contribution < -0.4 is 5.32 Å². The van der Waals surface area contributed by atoms with E-state index in [-0.39, 0.29) is 11.3 Å². The van der Waals surface area contributed by atoms with Crippen molar-refractivity contribution in [2.45, 2.75) is 40.8 Å². The summed E-state index contributed by atoms with van der Waals surface area (Å²) in [7, 11) is 0. The zero-order valence-electron chi connectivity index (χ0n) is 14.0. The van der Waals surface area contributed by atoms with Crippen molar-refractivity contribution in [1.82, 2.24) is 19.9 Å². The molecule has 7 heteroatoms. The Morgan fingerprint density at radius 1 is 1.43 bits per heavy atom. The molecule has 0 aliphatic heterocycles. The first-order valence-electron chi connectivity index (χ1n) is 7.69. The number of carbonyl (C=O) groups excluding carboxylic acids is 1. The number of hydrogen-bond donors (Lipinski definition) is 1. The number of nitrogens with one attached hydrogen (secondary N) is 1. The van der Waals surface area contributed by atoms with Gasteiger partial charge < -0.3 is 14.6 Å². The normalized spacial score (nSPS) is 11.9. The second kappa shape index (κ2) is 7.40. The number of halogens is 1. The number of aromatic nitrogens is 3. The van der Waals surface area contributed by atoms with Crippen LogP contribution in [0.15, 0.2) is 17.0 Å². The molecule has 0 radical (unpaired) electrons. The van der Waals surface area contributed by atoms with Gasteiger partial charge in [-0.15, -0.1) is 0 Å². The molecule has 0 bridgehead atoms. The topological polar surface area (TPSA) is 69.0 Å². The molecule has 0 aliphatic carbocycles. The fourth-order valence-electron chi connectivity index (χ4n) is 2.09. The molecular weight excluding hydrogens is 360 g/mol. The predicted octanol–water partition coefficient (Wildman–Crippen LogP) is 3.35. The lowest BCUT2D eigenvalue weighted by Gasteiger charge is -2.17. The van der Waals surface area contributed by atoms with Crippen molar-refractivity contribution in [3.8, 4) is 0 Å². The average Bonchev–Trinajstić information content (AvgIpc) is 2.81. The molecule has 0 fully saturated rings. The lowest BCUT2D eigenvalue weighted by molar-refractivity contribution is 0.0609. The molecule has 2 rings (SSSR count). The first kappa shape index (κ1) is 17.9. The average molecular weight is 383 g/mol. The quantitative estimate of drug-likeness (QED) is 0.777. The van der Waals surface area contributed by atoms with Crippen LogP contribution in [0, 0.1) is 5.41 Å². The summed E-state index contributed by atoms with van der Waals surface area (Å²) in [5.41, 5.74) is 1.96. The van der Waals surface area contributed by atoms with E-state index in [4.69, 9.17) is 4.74 Å². The van der Waals surface area contributed by atoms with Gasteiger partial charge >= 0.3 is 0 Å². The maximum Gasteiger partial charge on any atom is 0.255 e. The van der Waals surface area contributed by atoms with E-state index in [1.54, 1.807) is 12.4 Å². The van der Waals surface area contributed by atoms with E-state index in [1.165, 1.54) is 0 Å². The number of amides is 1. The van der Waals surface area contributed by atoms with Gasteiger partial charge in [0.1, 0.15) is 16.9 Å². The molecule has 2 aromatic heterocycles. The van der Waals surface area contributed by atoms with Gasteiger partial charge in [-0.2, -0.15) is 0 Å². The molecule has 1 N–H and O–H groups in total. The van der Waals surface area contributed by atoms with E-state index in [0.717, 1.165) is 6.42 Å². The summed E-state index contributed by atoms with van der Waals surface area (Å²) >= 11 is 3.30. The molecule has 0 spiro atoms. The van der Waals surface area contributed by atoms with Gasteiger partial charge in [0.2, 0.25) is 0 Å². The highest BCUT2D eigenvalue weighted by Crippen LogP contribution is 2.21.